The second kappa shape index (κ2) is 11.5. The summed E-state index contributed by atoms with van der Waals surface area (Å²) in [7, 11) is 0. The normalized spacial score (nSPS) is 7.60. The molecular weight excluding hydrogens is 152 g/mol. The Bertz CT molecular complexity index is 74.0. The van der Waals surface area contributed by atoms with E-state index in [1.807, 2.05) is 20.8 Å². The zero-order chi connectivity index (χ0) is 8.41. The minimum absolute atomic E-state index is 0.0417. The Morgan fingerprint density at radius 1 is 1.50 bits per heavy atom. The number of alkyl halides is 1. The zero-order valence-electron chi connectivity index (χ0n) is 6.82. The standard InChI is InChI=1S/C5H9ClO2.C2H6/c1-2-3-8-5(7)4-6;1-2/h2-4H2,1H3;1-2H3. The third-order valence-electron chi connectivity index (χ3n) is 0.576. The van der Waals surface area contributed by atoms with Crippen molar-refractivity contribution in [3.05, 3.63) is 0 Å². The van der Waals surface area contributed by atoms with E-state index in [0.717, 1.165) is 6.42 Å². The Morgan fingerprint density at radius 3 is 2.30 bits per heavy atom. The molecule has 0 N–H and O–H groups in total. The molecule has 0 radical (unpaired) electrons. The monoisotopic (exact) mass is 166 g/mol. The van der Waals surface area contributed by atoms with E-state index in [2.05, 4.69) is 4.74 Å². The van der Waals surface area contributed by atoms with E-state index in [9.17, 15) is 4.79 Å². The van der Waals surface area contributed by atoms with Crippen LogP contribution in [0.15, 0.2) is 0 Å². The Balaban J connectivity index is 0. The topological polar surface area (TPSA) is 26.3 Å². The minimum Gasteiger partial charge on any atom is -0.465 e. The molecule has 0 aliphatic carbocycles. The second-order valence-corrected chi connectivity index (χ2v) is 1.62. The van der Waals surface area contributed by atoms with Crippen molar-refractivity contribution in [3.63, 3.8) is 0 Å². The fourth-order valence-electron chi connectivity index (χ4n) is 0.254. The number of ether oxygens (including phenoxy) is 1. The van der Waals surface area contributed by atoms with Gasteiger partial charge in [-0.3, -0.25) is 4.79 Å². The van der Waals surface area contributed by atoms with Crippen LogP contribution in [0.3, 0.4) is 0 Å². The lowest BCUT2D eigenvalue weighted by atomic mass is 10.5. The van der Waals surface area contributed by atoms with Crippen molar-refractivity contribution in [2.75, 3.05) is 12.5 Å². The van der Waals surface area contributed by atoms with Crippen LogP contribution >= 0.6 is 11.6 Å². The van der Waals surface area contributed by atoms with Gasteiger partial charge in [-0.05, 0) is 6.42 Å². The number of hydrogen-bond donors (Lipinski definition) is 0. The molecular formula is C7H15ClO2. The van der Waals surface area contributed by atoms with Crippen molar-refractivity contribution in [1.29, 1.82) is 0 Å². The average molecular weight is 167 g/mol. The molecule has 0 rings (SSSR count). The van der Waals surface area contributed by atoms with Gasteiger partial charge in [0, 0.05) is 0 Å². The van der Waals surface area contributed by atoms with Crippen LogP contribution < -0.4 is 0 Å². The van der Waals surface area contributed by atoms with Gasteiger partial charge in [-0.2, -0.15) is 0 Å². The quantitative estimate of drug-likeness (QED) is 0.475. The predicted octanol–water partition coefficient (Wildman–Crippen LogP) is 2.20. The fraction of sp³-hybridized carbons (Fsp3) is 0.857. The van der Waals surface area contributed by atoms with Gasteiger partial charge in [-0.1, -0.05) is 20.8 Å². The first-order chi connectivity index (χ1) is 4.81. The van der Waals surface area contributed by atoms with Crippen molar-refractivity contribution < 1.29 is 9.53 Å². The SMILES string of the molecule is CC.CCCOC(=O)CCl. The van der Waals surface area contributed by atoms with Gasteiger partial charge in [0.25, 0.3) is 0 Å². The van der Waals surface area contributed by atoms with Crippen LogP contribution in [-0.2, 0) is 9.53 Å². The highest BCUT2D eigenvalue weighted by atomic mass is 35.5. The molecule has 0 bridgehead atoms. The first-order valence-corrected chi connectivity index (χ1v) is 4.06. The van der Waals surface area contributed by atoms with E-state index in [1.165, 1.54) is 0 Å². The molecule has 10 heavy (non-hydrogen) atoms. The molecule has 0 aromatic carbocycles. The highest BCUT2D eigenvalue weighted by Crippen LogP contribution is 1.84. The molecule has 0 atom stereocenters. The number of rotatable bonds is 3. The largest absolute Gasteiger partial charge is 0.465 e. The molecule has 2 nitrogen and oxygen atoms in total. The number of carbonyl (C=O) groups is 1. The number of halogens is 1. The smallest absolute Gasteiger partial charge is 0.320 e. The van der Waals surface area contributed by atoms with Crippen molar-refractivity contribution in [3.8, 4) is 0 Å². The Labute approximate surface area is 67.5 Å². The van der Waals surface area contributed by atoms with Crippen LogP contribution in [0.25, 0.3) is 0 Å². The first-order valence-electron chi connectivity index (χ1n) is 3.52. The fourth-order valence-corrected chi connectivity index (χ4v) is 0.332. The number of carbonyl (C=O) groups excluding carboxylic acids is 1. The van der Waals surface area contributed by atoms with Gasteiger partial charge in [0.2, 0.25) is 0 Å². The molecule has 0 heterocycles. The van der Waals surface area contributed by atoms with Gasteiger partial charge in [0.15, 0.2) is 0 Å². The van der Waals surface area contributed by atoms with E-state index in [-0.39, 0.29) is 11.8 Å². The van der Waals surface area contributed by atoms with Gasteiger partial charge < -0.3 is 4.74 Å². The molecule has 0 aliphatic rings. The van der Waals surface area contributed by atoms with Crippen molar-refractivity contribution in [2.24, 2.45) is 0 Å². The Morgan fingerprint density at radius 2 is 2.00 bits per heavy atom. The van der Waals surface area contributed by atoms with Crippen LogP contribution in [0.2, 0.25) is 0 Å². The molecule has 0 aromatic rings. The summed E-state index contributed by atoms with van der Waals surface area (Å²) in [6.45, 7) is 6.41. The Hall–Kier alpha value is -0.240. The molecule has 0 aliphatic heterocycles. The summed E-state index contributed by atoms with van der Waals surface area (Å²) in [5, 5.41) is 0. The molecule has 0 spiro atoms. The van der Waals surface area contributed by atoms with Gasteiger partial charge in [-0.15, -0.1) is 11.6 Å². The maximum atomic E-state index is 10.2. The average Bonchev–Trinajstić information content (AvgIpc) is 2.04. The summed E-state index contributed by atoms with van der Waals surface area (Å²) in [6.07, 6.45) is 0.850. The maximum Gasteiger partial charge on any atom is 0.320 e. The van der Waals surface area contributed by atoms with E-state index < -0.39 is 0 Å². The first kappa shape index (κ1) is 12.4. The molecule has 0 fully saturated rings. The van der Waals surface area contributed by atoms with Crippen molar-refractivity contribution in [2.45, 2.75) is 27.2 Å². The van der Waals surface area contributed by atoms with Crippen molar-refractivity contribution >= 4 is 17.6 Å². The van der Waals surface area contributed by atoms with E-state index >= 15 is 0 Å². The van der Waals surface area contributed by atoms with E-state index in [4.69, 9.17) is 11.6 Å². The van der Waals surface area contributed by atoms with Gasteiger partial charge in [0.05, 0.1) is 6.61 Å². The molecule has 3 heteroatoms. The predicted molar refractivity (Wildman–Crippen MR) is 43.3 cm³/mol. The Kier molecular flexibility index (Phi) is 14.4. The highest BCUT2D eigenvalue weighted by molar-refractivity contribution is 6.26. The second-order valence-electron chi connectivity index (χ2n) is 1.35. The summed E-state index contributed by atoms with van der Waals surface area (Å²) in [5.74, 6) is -0.381. The molecule has 0 saturated heterocycles. The zero-order valence-corrected chi connectivity index (χ0v) is 7.57. The maximum absolute atomic E-state index is 10.2. The van der Waals surface area contributed by atoms with Crippen LogP contribution in [0.1, 0.15) is 27.2 Å². The number of esters is 1. The lowest BCUT2D eigenvalue weighted by Gasteiger charge is -1.96. The lowest BCUT2D eigenvalue weighted by molar-refractivity contribution is -0.140. The molecule has 0 unspecified atom stereocenters. The molecule has 0 aromatic heterocycles. The number of hydrogen-bond acceptors (Lipinski definition) is 2. The lowest BCUT2D eigenvalue weighted by Crippen LogP contribution is -2.05. The van der Waals surface area contributed by atoms with Crippen LogP contribution in [0.5, 0.6) is 0 Å². The minimum atomic E-state index is -0.339. The molecule has 62 valence electrons. The van der Waals surface area contributed by atoms with E-state index in [1.54, 1.807) is 0 Å². The third kappa shape index (κ3) is 10.7. The van der Waals surface area contributed by atoms with Crippen LogP contribution in [-0.4, -0.2) is 18.5 Å². The van der Waals surface area contributed by atoms with Crippen molar-refractivity contribution in [1.82, 2.24) is 0 Å². The molecule has 0 saturated carbocycles. The summed E-state index contributed by atoms with van der Waals surface area (Å²) in [6, 6.07) is 0. The summed E-state index contributed by atoms with van der Waals surface area (Å²) >= 11 is 5.11. The van der Waals surface area contributed by atoms with Crippen LogP contribution in [0, 0.1) is 0 Å². The van der Waals surface area contributed by atoms with Gasteiger partial charge in [0.1, 0.15) is 5.88 Å². The van der Waals surface area contributed by atoms with E-state index in [0.29, 0.717) is 6.61 Å². The molecule has 0 amide bonds. The van der Waals surface area contributed by atoms with Gasteiger partial charge in [-0.25, -0.2) is 0 Å². The third-order valence-corrected chi connectivity index (χ3v) is 0.795. The summed E-state index contributed by atoms with van der Waals surface area (Å²) < 4.78 is 4.57. The van der Waals surface area contributed by atoms with Crippen LogP contribution in [0.4, 0.5) is 0 Å². The summed E-state index contributed by atoms with van der Waals surface area (Å²) in [5.41, 5.74) is 0. The highest BCUT2D eigenvalue weighted by Gasteiger charge is 1.95. The summed E-state index contributed by atoms with van der Waals surface area (Å²) in [4.78, 5) is 10.2. The van der Waals surface area contributed by atoms with Gasteiger partial charge >= 0.3 is 5.97 Å².